The van der Waals surface area contributed by atoms with Crippen LogP contribution in [0.3, 0.4) is 0 Å². The first-order valence-electron chi connectivity index (χ1n) is 6.76. The van der Waals surface area contributed by atoms with Gasteiger partial charge < -0.3 is 10.3 Å². The summed E-state index contributed by atoms with van der Waals surface area (Å²) in [6.07, 6.45) is 7.14. The van der Waals surface area contributed by atoms with E-state index in [0.717, 1.165) is 30.4 Å². The van der Waals surface area contributed by atoms with Gasteiger partial charge in [-0.05, 0) is 24.5 Å². The van der Waals surface area contributed by atoms with Crippen molar-refractivity contribution in [2.24, 2.45) is 5.73 Å². The molecule has 0 aromatic carbocycles. The Morgan fingerprint density at radius 3 is 2.95 bits per heavy atom. The lowest BCUT2D eigenvalue weighted by Gasteiger charge is -2.05. The number of aryl methyl sites for hydroxylation is 1. The molecule has 1 unspecified atom stereocenters. The third kappa shape index (κ3) is 3.38. The number of aromatic nitrogens is 3. The minimum absolute atomic E-state index is 0.0846. The van der Waals surface area contributed by atoms with Crippen LogP contribution >= 0.6 is 0 Å². The highest BCUT2D eigenvalue weighted by atomic mass is 16.5. The highest BCUT2D eigenvalue weighted by molar-refractivity contribution is 5.58. The summed E-state index contributed by atoms with van der Waals surface area (Å²) in [4.78, 5) is 8.54. The molecule has 0 spiro atoms. The molecule has 5 heteroatoms. The van der Waals surface area contributed by atoms with E-state index in [1.165, 1.54) is 0 Å². The molecule has 0 saturated carbocycles. The summed E-state index contributed by atoms with van der Waals surface area (Å²) in [6.45, 7) is 4.20. The molecule has 1 atom stereocenters. The molecule has 19 heavy (non-hydrogen) atoms. The van der Waals surface area contributed by atoms with Gasteiger partial charge in [0.15, 0.2) is 0 Å². The Labute approximate surface area is 113 Å². The molecular weight excluding hydrogens is 240 g/mol. The monoisotopic (exact) mass is 260 g/mol. The summed E-state index contributed by atoms with van der Waals surface area (Å²) >= 11 is 0. The van der Waals surface area contributed by atoms with E-state index in [-0.39, 0.29) is 6.04 Å². The molecule has 0 aliphatic heterocycles. The average molecular weight is 260 g/mol. The molecular formula is C14H20N4O. The van der Waals surface area contributed by atoms with Crippen molar-refractivity contribution < 1.29 is 4.52 Å². The van der Waals surface area contributed by atoms with Gasteiger partial charge in [-0.3, -0.25) is 4.98 Å². The van der Waals surface area contributed by atoms with Crippen LogP contribution in [0.2, 0.25) is 0 Å². The number of nitrogens with zero attached hydrogens (tertiary/aromatic N) is 3. The smallest absolute Gasteiger partial charge is 0.228 e. The van der Waals surface area contributed by atoms with E-state index in [9.17, 15) is 0 Å². The maximum atomic E-state index is 5.98. The van der Waals surface area contributed by atoms with E-state index in [1.54, 1.807) is 6.20 Å². The first-order valence-corrected chi connectivity index (χ1v) is 6.76. The van der Waals surface area contributed by atoms with Crippen molar-refractivity contribution in [3.63, 3.8) is 0 Å². The number of hydrogen-bond acceptors (Lipinski definition) is 5. The zero-order valence-electron chi connectivity index (χ0n) is 11.5. The van der Waals surface area contributed by atoms with E-state index in [0.29, 0.717) is 18.1 Å². The van der Waals surface area contributed by atoms with Crippen molar-refractivity contribution in [3.8, 4) is 11.4 Å². The molecule has 102 valence electrons. The second-order valence-corrected chi connectivity index (χ2v) is 4.65. The van der Waals surface area contributed by atoms with Crippen LogP contribution < -0.4 is 5.73 Å². The Hall–Kier alpha value is -1.75. The summed E-state index contributed by atoms with van der Waals surface area (Å²) < 4.78 is 5.27. The van der Waals surface area contributed by atoms with Gasteiger partial charge in [0.25, 0.3) is 0 Å². The SMILES string of the molecule is CCCC(N)Cc1nc(-c2ccncc2CC)no1. The lowest BCUT2D eigenvalue weighted by Crippen LogP contribution is -2.22. The van der Waals surface area contributed by atoms with Crippen LogP contribution in [0.5, 0.6) is 0 Å². The van der Waals surface area contributed by atoms with Gasteiger partial charge in [-0.15, -0.1) is 0 Å². The van der Waals surface area contributed by atoms with Gasteiger partial charge in [0.1, 0.15) is 0 Å². The Balaban J connectivity index is 2.16. The van der Waals surface area contributed by atoms with E-state index in [2.05, 4.69) is 29.0 Å². The number of hydrogen-bond donors (Lipinski definition) is 1. The number of rotatable bonds is 6. The highest BCUT2D eigenvalue weighted by Crippen LogP contribution is 2.20. The predicted octanol–water partition coefficient (Wildman–Crippen LogP) is 2.36. The van der Waals surface area contributed by atoms with Crippen LogP contribution in [-0.4, -0.2) is 21.2 Å². The van der Waals surface area contributed by atoms with Gasteiger partial charge in [-0.1, -0.05) is 25.4 Å². The first-order chi connectivity index (χ1) is 9.24. The molecule has 0 fully saturated rings. The van der Waals surface area contributed by atoms with E-state index in [1.807, 2.05) is 12.3 Å². The standard InChI is InChI=1S/C14H20N4O/c1-3-5-11(15)8-13-17-14(18-19-13)12-6-7-16-9-10(12)4-2/h6-7,9,11H,3-5,8,15H2,1-2H3. The van der Waals surface area contributed by atoms with Crippen molar-refractivity contribution in [1.29, 1.82) is 0 Å². The van der Waals surface area contributed by atoms with Crippen LogP contribution in [0, 0.1) is 0 Å². The third-order valence-electron chi connectivity index (χ3n) is 3.09. The molecule has 0 saturated heterocycles. The van der Waals surface area contributed by atoms with Crippen LogP contribution in [-0.2, 0) is 12.8 Å². The van der Waals surface area contributed by atoms with Crippen molar-refractivity contribution >= 4 is 0 Å². The second-order valence-electron chi connectivity index (χ2n) is 4.65. The second kappa shape index (κ2) is 6.43. The summed E-state index contributed by atoms with van der Waals surface area (Å²) in [5.74, 6) is 1.23. The van der Waals surface area contributed by atoms with Gasteiger partial charge in [-0.25, -0.2) is 0 Å². The molecule has 0 radical (unpaired) electrons. The van der Waals surface area contributed by atoms with Gasteiger partial charge in [0.05, 0.1) is 0 Å². The molecule has 2 aromatic heterocycles. The van der Waals surface area contributed by atoms with Crippen LogP contribution in [0.15, 0.2) is 23.0 Å². The van der Waals surface area contributed by atoms with Crippen molar-refractivity contribution in [2.75, 3.05) is 0 Å². The minimum atomic E-state index is 0.0846. The summed E-state index contributed by atoms with van der Waals surface area (Å²) in [5, 5.41) is 4.04. The van der Waals surface area contributed by atoms with E-state index >= 15 is 0 Å². The molecule has 0 aliphatic carbocycles. The molecule has 2 N–H and O–H groups in total. The van der Waals surface area contributed by atoms with Crippen molar-refractivity contribution in [1.82, 2.24) is 15.1 Å². The van der Waals surface area contributed by atoms with Crippen molar-refractivity contribution in [3.05, 3.63) is 29.9 Å². The average Bonchev–Trinajstić information content (AvgIpc) is 2.87. The van der Waals surface area contributed by atoms with E-state index in [4.69, 9.17) is 10.3 Å². The molecule has 0 amide bonds. The minimum Gasteiger partial charge on any atom is -0.339 e. The number of pyridine rings is 1. The molecule has 0 bridgehead atoms. The fourth-order valence-corrected chi connectivity index (χ4v) is 2.07. The zero-order chi connectivity index (χ0) is 13.7. The summed E-state index contributed by atoms with van der Waals surface area (Å²) in [6, 6.07) is 2.00. The number of nitrogens with two attached hydrogens (primary N) is 1. The Morgan fingerprint density at radius 1 is 1.37 bits per heavy atom. The van der Waals surface area contributed by atoms with Gasteiger partial charge in [0.2, 0.25) is 11.7 Å². The maximum Gasteiger partial charge on any atom is 0.228 e. The van der Waals surface area contributed by atoms with Gasteiger partial charge in [-0.2, -0.15) is 4.98 Å². The quantitative estimate of drug-likeness (QED) is 0.862. The lowest BCUT2D eigenvalue weighted by molar-refractivity contribution is 0.366. The van der Waals surface area contributed by atoms with Gasteiger partial charge >= 0.3 is 0 Å². The fraction of sp³-hybridized carbons (Fsp3) is 0.500. The highest BCUT2D eigenvalue weighted by Gasteiger charge is 2.13. The Morgan fingerprint density at radius 2 is 2.21 bits per heavy atom. The summed E-state index contributed by atoms with van der Waals surface area (Å²) in [5.41, 5.74) is 8.08. The molecule has 5 nitrogen and oxygen atoms in total. The fourth-order valence-electron chi connectivity index (χ4n) is 2.07. The van der Waals surface area contributed by atoms with Crippen LogP contribution in [0.1, 0.15) is 38.1 Å². The van der Waals surface area contributed by atoms with Gasteiger partial charge in [0, 0.05) is 30.4 Å². The zero-order valence-corrected chi connectivity index (χ0v) is 11.5. The lowest BCUT2D eigenvalue weighted by atomic mass is 10.1. The Kier molecular flexibility index (Phi) is 4.63. The molecule has 2 heterocycles. The van der Waals surface area contributed by atoms with Crippen molar-refractivity contribution in [2.45, 2.75) is 45.6 Å². The van der Waals surface area contributed by atoms with Crippen LogP contribution in [0.4, 0.5) is 0 Å². The Bertz CT molecular complexity index is 524. The predicted molar refractivity (Wildman–Crippen MR) is 73.5 cm³/mol. The topological polar surface area (TPSA) is 77.8 Å². The maximum absolute atomic E-state index is 5.98. The largest absolute Gasteiger partial charge is 0.339 e. The molecule has 2 rings (SSSR count). The molecule has 2 aromatic rings. The first kappa shape index (κ1) is 13.7. The third-order valence-corrected chi connectivity index (χ3v) is 3.09. The van der Waals surface area contributed by atoms with Crippen LogP contribution in [0.25, 0.3) is 11.4 Å². The normalized spacial score (nSPS) is 12.6. The molecule has 0 aliphatic rings. The van der Waals surface area contributed by atoms with E-state index < -0.39 is 0 Å². The summed E-state index contributed by atoms with van der Waals surface area (Å²) in [7, 11) is 0.